The summed E-state index contributed by atoms with van der Waals surface area (Å²) in [6.45, 7) is 0. The third kappa shape index (κ3) is 3.51. The molecule has 0 fully saturated rings. The molecule has 1 heterocycles. The Bertz CT molecular complexity index is 406. The fourth-order valence-electron chi connectivity index (χ4n) is 1.01. The molecule has 0 N–H and O–H groups in total. The molecule has 0 bridgehead atoms. The number of carbonyl (C=O) groups excluding carboxylic acids is 2. The van der Waals surface area contributed by atoms with Gasteiger partial charge < -0.3 is 9.47 Å². The van der Waals surface area contributed by atoms with Crippen LogP contribution in [0, 0.1) is 0 Å². The largest absolute Gasteiger partial charge is 0.469 e. The smallest absolute Gasteiger partial charge is 0.348 e. The van der Waals surface area contributed by atoms with Gasteiger partial charge in [-0.3, -0.25) is 4.79 Å². The van der Waals surface area contributed by atoms with E-state index in [1.54, 1.807) is 24.3 Å². The van der Waals surface area contributed by atoms with Crippen LogP contribution in [0.25, 0.3) is 6.08 Å². The van der Waals surface area contributed by atoms with Gasteiger partial charge in [-0.2, -0.15) is 0 Å². The van der Waals surface area contributed by atoms with Crippen molar-refractivity contribution in [2.24, 2.45) is 0 Å². The maximum absolute atomic E-state index is 11.1. The summed E-state index contributed by atoms with van der Waals surface area (Å²) >= 11 is 1.31. The standard InChI is InChI=1S/C11H12O4S/c1-14-10(12)5-3-4-8-6-7-9(16-8)11(13)15-2/h3-4,6-7H,5H2,1-2H3. The van der Waals surface area contributed by atoms with Crippen molar-refractivity contribution in [2.45, 2.75) is 6.42 Å². The zero-order valence-corrected chi connectivity index (χ0v) is 9.87. The number of thiophene rings is 1. The van der Waals surface area contributed by atoms with Gasteiger partial charge in [0.25, 0.3) is 0 Å². The maximum Gasteiger partial charge on any atom is 0.348 e. The van der Waals surface area contributed by atoms with Gasteiger partial charge in [-0.25, -0.2) is 4.79 Å². The minimum Gasteiger partial charge on any atom is -0.469 e. The molecule has 4 nitrogen and oxygen atoms in total. The van der Waals surface area contributed by atoms with Gasteiger partial charge in [-0.15, -0.1) is 11.3 Å². The van der Waals surface area contributed by atoms with Crippen molar-refractivity contribution in [1.29, 1.82) is 0 Å². The Morgan fingerprint density at radius 3 is 2.69 bits per heavy atom. The van der Waals surface area contributed by atoms with E-state index >= 15 is 0 Å². The summed E-state index contributed by atoms with van der Waals surface area (Å²) < 4.78 is 9.07. The third-order valence-electron chi connectivity index (χ3n) is 1.81. The molecular weight excluding hydrogens is 228 g/mol. The molecule has 0 aromatic carbocycles. The first-order valence-corrected chi connectivity index (χ1v) is 5.40. The fraction of sp³-hybridized carbons (Fsp3) is 0.273. The van der Waals surface area contributed by atoms with E-state index in [0.717, 1.165) is 4.88 Å². The second-order valence-corrected chi connectivity index (χ2v) is 3.99. The fourth-order valence-corrected chi connectivity index (χ4v) is 1.86. The molecule has 1 aromatic heterocycles. The average molecular weight is 240 g/mol. The van der Waals surface area contributed by atoms with E-state index in [4.69, 9.17) is 0 Å². The Labute approximate surface area is 97.5 Å². The van der Waals surface area contributed by atoms with Crippen LogP contribution in [0.15, 0.2) is 18.2 Å². The number of hydrogen-bond acceptors (Lipinski definition) is 5. The van der Waals surface area contributed by atoms with Gasteiger partial charge in [0.05, 0.1) is 20.6 Å². The topological polar surface area (TPSA) is 52.6 Å². The molecule has 86 valence electrons. The number of rotatable bonds is 4. The van der Waals surface area contributed by atoms with Gasteiger partial charge in [0, 0.05) is 4.88 Å². The van der Waals surface area contributed by atoms with Gasteiger partial charge >= 0.3 is 11.9 Å². The minimum atomic E-state index is -0.349. The molecule has 0 aliphatic heterocycles. The molecule has 0 saturated heterocycles. The quantitative estimate of drug-likeness (QED) is 0.756. The summed E-state index contributed by atoms with van der Waals surface area (Å²) in [4.78, 5) is 23.4. The number of methoxy groups -OCH3 is 2. The lowest BCUT2D eigenvalue weighted by Crippen LogP contribution is -1.96. The van der Waals surface area contributed by atoms with Crippen molar-refractivity contribution in [2.75, 3.05) is 14.2 Å². The number of esters is 2. The summed E-state index contributed by atoms with van der Waals surface area (Å²) in [7, 11) is 2.69. The van der Waals surface area contributed by atoms with Gasteiger partial charge in [-0.1, -0.05) is 6.08 Å². The molecule has 0 radical (unpaired) electrons. The van der Waals surface area contributed by atoms with Gasteiger partial charge in [-0.05, 0) is 18.2 Å². The van der Waals surface area contributed by atoms with E-state index in [1.807, 2.05) is 0 Å². The molecule has 0 saturated carbocycles. The normalized spacial score (nSPS) is 10.4. The lowest BCUT2D eigenvalue weighted by Gasteiger charge is -1.92. The van der Waals surface area contributed by atoms with Gasteiger partial charge in [0.15, 0.2) is 0 Å². The Kier molecular flexibility index (Phi) is 4.72. The highest BCUT2D eigenvalue weighted by atomic mass is 32.1. The first kappa shape index (κ1) is 12.4. The molecule has 0 aliphatic rings. The molecule has 1 aromatic rings. The van der Waals surface area contributed by atoms with Gasteiger partial charge in [0.2, 0.25) is 0 Å². The molecule has 0 amide bonds. The minimum absolute atomic E-state index is 0.224. The van der Waals surface area contributed by atoms with Crippen LogP contribution in [-0.2, 0) is 14.3 Å². The molecule has 16 heavy (non-hydrogen) atoms. The molecule has 0 unspecified atom stereocenters. The monoisotopic (exact) mass is 240 g/mol. The second kappa shape index (κ2) is 6.07. The van der Waals surface area contributed by atoms with Crippen LogP contribution in [0.4, 0.5) is 0 Å². The number of hydrogen-bond donors (Lipinski definition) is 0. The van der Waals surface area contributed by atoms with Crippen molar-refractivity contribution < 1.29 is 19.1 Å². The Morgan fingerprint density at radius 1 is 1.31 bits per heavy atom. The maximum atomic E-state index is 11.1. The second-order valence-electron chi connectivity index (χ2n) is 2.88. The van der Waals surface area contributed by atoms with Crippen LogP contribution in [0.1, 0.15) is 21.0 Å². The van der Waals surface area contributed by atoms with Crippen molar-refractivity contribution in [3.63, 3.8) is 0 Å². The predicted octanol–water partition coefficient (Wildman–Crippen LogP) is 2.11. The van der Waals surface area contributed by atoms with E-state index in [9.17, 15) is 9.59 Å². The first-order chi connectivity index (χ1) is 7.67. The van der Waals surface area contributed by atoms with Crippen LogP contribution in [0.2, 0.25) is 0 Å². The van der Waals surface area contributed by atoms with E-state index in [1.165, 1.54) is 25.6 Å². The summed E-state index contributed by atoms with van der Waals surface area (Å²) in [5.41, 5.74) is 0. The summed E-state index contributed by atoms with van der Waals surface area (Å²) in [6.07, 6.45) is 3.69. The van der Waals surface area contributed by atoms with Crippen molar-refractivity contribution in [3.8, 4) is 0 Å². The SMILES string of the molecule is COC(=O)CC=Cc1ccc(C(=O)OC)s1. The molecule has 0 aliphatic carbocycles. The highest BCUT2D eigenvalue weighted by molar-refractivity contribution is 7.14. The zero-order chi connectivity index (χ0) is 12.0. The Morgan fingerprint density at radius 2 is 2.06 bits per heavy atom. The third-order valence-corrected chi connectivity index (χ3v) is 2.84. The molecular formula is C11H12O4S. The highest BCUT2D eigenvalue weighted by Gasteiger charge is 2.07. The van der Waals surface area contributed by atoms with E-state index in [-0.39, 0.29) is 18.4 Å². The van der Waals surface area contributed by atoms with E-state index in [0.29, 0.717) is 4.88 Å². The first-order valence-electron chi connectivity index (χ1n) is 4.59. The van der Waals surface area contributed by atoms with Crippen molar-refractivity contribution in [1.82, 2.24) is 0 Å². The highest BCUT2D eigenvalue weighted by Crippen LogP contribution is 2.18. The van der Waals surface area contributed by atoms with Crippen LogP contribution in [0.3, 0.4) is 0 Å². The molecule has 1 rings (SSSR count). The Balaban J connectivity index is 2.58. The van der Waals surface area contributed by atoms with E-state index in [2.05, 4.69) is 9.47 Å². The summed E-state index contributed by atoms with van der Waals surface area (Å²) in [5, 5.41) is 0. The molecule has 0 atom stereocenters. The van der Waals surface area contributed by atoms with Crippen LogP contribution >= 0.6 is 11.3 Å². The van der Waals surface area contributed by atoms with Crippen molar-refractivity contribution >= 4 is 29.4 Å². The summed E-state index contributed by atoms with van der Waals surface area (Å²) in [5.74, 6) is -0.640. The zero-order valence-electron chi connectivity index (χ0n) is 9.06. The van der Waals surface area contributed by atoms with Gasteiger partial charge in [0.1, 0.15) is 4.88 Å². The predicted molar refractivity (Wildman–Crippen MR) is 61.3 cm³/mol. The van der Waals surface area contributed by atoms with Crippen LogP contribution < -0.4 is 0 Å². The van der Waals surface area contributed by atoms with Crippen LogP contribution in [-0.4, -0.2) is 26.2 Å². The Hall–Kier alpha value is -1.62. The number of carbonyl (C=O) groups is 2. The lowest BCUT2D eigenvalue weighted by molar-refractivity contribution is -0.139. The summed E-state index contributed by atoms with van der Waals surface area (Å²) in [6, 6.07) is 3.49. The average Bonchev–Trinajstić information content (AvgIpc) is 2.76. The molecule has 5 heteroatoms. The van der Waals surface area contributed by atoms with E-state index < -0.39 is 0 Å². The lowest BCUT2D eigenvalue weighted by atomic mass is 10.3. The van der Waals surface area contributed by atoms with Crippen molar-refractivity contribution in [3.05, 3.63) is 28.0 Å². The van der Waals surface area contributed by atoms with Crippen LogP contribution in [0.5, 0.6) is 0 Å². The number of ether oxygens (including phenoxy) is 2. The molecule has 0 spiro atoms.